The number of carbonyl (C=O) groups excluding carboxylic acids is 1. The molecule has 1 aliphatic carbocycles. The Kier molecular flexibility index (Phi) is 5.79. The van der Waals surface area contributed by atoms with Gasteiger partial charge in [0.25, 0.3) is 0 Å². The van der Waals surface area contributed by atoms with Gasteiger partial charge in [-0.2, -0.15) is 4.68 Å². The van der Waals surface area contributed by atoms with E-state index in [1.807, 2.05) is 31.2 Å². The molecule has 0 aliphatic heterocycles. The zero-order valence-electron chi connectivity index (χ0n) is 15.1. The fourth-order valence-electron chi connectivity index (χ4n) is 3.64. The van der Waals surface area contributed by atoms with Gasteiger partial charge in [-0.15, -0.1) is 5.10 Å². The van der Waals surface area contributed by atoms with Gasteiger partial charge in [-0.1, -0.05) is 32.3 Å². The Morgan fingerprint density at radius 3 is 2.76 bits per heavy atom. The highest BCUT2D eigenvalue weighted by Crippen LogP contribution is 2.32. The number of hydrogen-bond acceptors (Lipinski definition) is 4. The Balaban J connectivity index is 1.58. The van der Waals surface area contributed by atoms with Gasteiger partial charge in [0, 0.05) is 11.6 Å². The maximum absolute atomic E-state index is 12.6. The highest BCUT2D eigenvalue weighted by atomic mass is 16.1. The van der Waals surface area contributed by atoms with Gasteiger partial charge in [0.1, 0.15) is 0 Å². The van der Waals surface area contributed by atoms with Crippen molar-refractivity contribution in [3.63, 3.8) is 0 Å². The third kappa shape index (κ3) is 4.44. The molecule has 0 atom stereocenters. The van der Waals surface area contributed by atoms with Crippen molar-refractivity contribution in [2.75, 3.05) is 5.32 Å². The highest BCUT2D eigenvalue weighted by molar-refractivity contribution is 5.92. The van der Waals surface area contributed by atoms with E-state index in [4.69, 9.17) is 0 Å². The van der Waals surface area contributed by atoms with Crippen LogP contribution in [0.25, 0.3) is 5.69 Å². The summed E-state index contributed by atoms with van der Waals surface area (Å²) in [5.41, 5.74) is 1.65. The Hall–Kier alpha value is -2.24. The fraction of sp³-hybridized carbons (Fsp3) is 0.579. The summed E-state index contributed by atoms with van der Waals surface area (Å²) in [5, 5.41) is 14.6. The van der Waals surface area contributed by atoms with Crippen molar-refractivity contribution in [1.29, 1.82) is 0 Å². The molecule has 1 fully saturated rings. The van der Waals surface area contributed by atoms with Crippen LogP contribution in [0.3, 0.4) is 0 Å². The number of tetrazole rings is 1. The van der Waals surface area contributed by atoms with Gasteiger partial charge in [0.2, 0.25) is 5.91 Å². The second kappa shape index (κ2) is 8.23. The molecule has 1 aromatic heterocycles. The lowest BCUT2D eigenvalue weighted by Crippen LogP contribution is -2.27. The monoisotopic (exact) mass is 341 g/mol. The van der Waals surface area contributed by atoms with E-state index in [2.05, 4.69) is 27.8 Å². The van der Waals surface area contributed by atoms with Crippen LogP contribution < -0.4 is 5.32 Å². The first kappa shape index (κ1) is 17.6. The first-order chi connectivity index (χ1) is 12.2. The lowest BCUT2D eigenvalue weighted by atomic mass is 9.79. The number of nitrogens with one attached hydrogen (secondary N) is 1. The maximum Gasteiger partial charge on any atom is 0.227 e. The quantitative estimate of drug-likeness (QED) is 0.864. The largest absolute Gasteiger partial charge is 0.326 e. The topological polar surface area (TPSA) is 72.7 Å². The predicted octanol–water partition coefficient (Wildman–Crippen LogP) is 3.91. The number of aromatic nitrogens is 4. The molecule has 134 valence electrons. The molecule has 0 bridgehead atoms. The number of nitrogens with zero attached hydrogens (tertiary/aromatic N) is 4. The van der Waals surface area contributed by atoms with Crippen molar-refractivity contribution < 1.29 is 4.79 Å². The number of hydrogen-bond donors (Lipinski definition) is 1. The minimum absolute atomic E-state index is 0.135. The highest BCUT2D eigenvalue weighted by Gasteiger charge is 2.26. The molecule has 1 aliphatic rings. The molecular formula is C19H27N5O. The first-order valence-corrected chi connectivity index (χ1v) is 9.33. The SMILES string of the molecule is CCCCC1CCC(C(=O)Nc2cccc(-n3nnnc3C)c2)CC1. The summed E-state index contributed by atoms with van der Waals surface area (Å²) >= 11 is 0. The third-order valence-corrected chi connectivity index (χ3v) is 5.17. The maximum atomic E-state index is 12.6. The van der Waals surface area contributed by atoms with E-state index in [0.29, 0.717) is 5.82 Å². The van der Waals surface area contributed by atoms with Crippen LogP contribution in [0.5, 0.6) is 0 Å². The standard InChI is InChI=1S/C19H27N5O/c1-3-4-6-15-9-11-16(12-10-15)19(25)20-17-7-5-8-18(13-17)24-14(2)21-22-23-24/h5,7-8,13,15-16H,3-4,6,9-12H2,1-2H3,(H,20,25). The van der Waals surface area contributed by atoms with E-state index in [1.54, 1.807) is 4.68 Å². The third-order valence-electron chi connectivity index (χ3n) is 5.17. The van der Waals surface area contributed by atoms with E-state index in [-0.39, 0.29) is 11.8 Å². The second-order valence-corrected chi connectivity index (χ2v) is 7.04. The zero-order chi connectivity index (χ0) is 17.6. The zero-order valence-corrected chi connectivity index (χ0v) is 15.1. The van der Waals surface area contributed by atoms with Gasteiger partial charge >= 0.3 is 0 Å². The Bertz CT molecular complexity index is 703. The summed E-state index contributed by atoms with van der Waals surface area (Å²) in [4.78, 5) is 12.6. The van der Waals surface area contributed by atoms with Crippen molar-refractivity contribution in [1.82, 2.24) is 20.2 Å². The van der Waals surface area contributed by atoms with Gasteiger partial charge in [-0.3, -0.25) is 4.79 Å². The summed E-state index contributed by atoms with van der Waals surface area (Å²) in [6.45, 7) is 4.09. The van der Waals surface area contributed by atoms with E-state index in [9.17, 15) is 4.79 Å². The van der Waals surface area contributed by atoms with Crippen molar-refractivity contribution in [3.8, 4) is 5.69 Å². The number of aryl methyl sites for hydroxylation is 1. The lowest BCUT2D eigenvalue weighted by molar-refractivity contribution is -0.121. The normalized spacial score (nSPS) is 20.4. The predicted molar refractivity (Wildman–Crippen MR) is 97.5 cm³/mol. The van der Waals surface area contributed by atoms with Crippen LogP contribution in [0, 0.1) is 18.8 Å². The summed E-state index contributed by atoms with van der Waals surface area (Å²) in [6.07, 6.45) is 8.27. The molecule has 6 nitrogen and oxygen atoms in total. The smallest absolute Gasteiger partial charge is 0.227 e. The van der Waals surface area contributed by atoms with Crippen LogP contribution in [0.2, 0.25) is 0 Å². The molecule has 6 heteroatoms. The van der Waals surface area contributed by atoms with Crippen LogP contribution in [-0.4, -0.2) is 26.1 Å². The van der Waals surface area contributed by atoms with Crippen LogP contribution in [-0.2, 0) is 4.79 Å². The minimum Gasteiger partial charge on any atom is -0.326 e. The Morgan fingerprint density at radius 1 is 1.28 bits per heavy atom. The lowest BCUT2D eigenvalue weighted by Gasteiger charge is -2.27. The van der Waals surface area contributed by atoms with E-state index < -0.39 is 0 Å². The number of carbonyl (C=O) groups is 1. The molecular weight excluding hydrogens is 314 g/mol. The van der Waals surface area contributed by atoms with Crippen molar-refractivity contribution in [2.24, 2.45) is 11.8 Å². The fourth-order valence-corrected chi connectivity index (χ4v) is 3.64. The number of amides is 1. The molecule has 1 N–H and O–H groups in total. The van der Waals surface area contributed by atoms with E-state index in [1.165, 1.54) is 32.1 Å². The number of rotatable bonds is 6. The molecule has 0 saturated heterocycles. The molecule has 0 spiro atoms. The summed E-state index contributed by atoms with van der Waals surface area (Å²) in [5.74, 6) is 1.81. The van der Waals surface area contributed by atoms with Gasteiger partial charge in [-0.05, 0) is 67.2 Å². The summed E-state index contributed by atoms with van der Waals surface area (Å²) in [7, 11) is 0. The Morgan fingerprint density at radius 2 is 2.08 bits per heavy atom. The number of unbranched alkanes of at least 4 members (excludes halogenated alkanes) is 1. The molecule has 3 rings (SSSR count). The van der Waals surface area contributed by atoms with Gasteiger partial charge in [0.15, 0.2) is 5.82 Å². The van der Waals surface area contributed by atoms with E-state index in [0.717, 1.165) is 30.1 Å². The van der Waals surface area contributed by atoms with Crippen molar-refractivity contribution >= 4 is 11.6 Å². The molecule has 1 amide bonds. The average molecular weight is 341 g/mol. The first-order valence-electron chi connectivity index (χ1n) is 9.33. The van der Waals surface area contributed by atoms with Crippen molar-refractivity contribution in [2.45, 2.75) is 58.8 Å². The molecule has 0 unspecified atom stereocenters. The van der Waals surface area contributed by atoms with Gasteiger partial charge < -0.3 is 5.32 Å². The number of anilines is 1. The summed E-state index contributed by atoms with van der Waals surface area (Å²) in [6, 6.07) is 7.66. The molecule has 25 heavy (non-hydrogen) atoms. The molecule has 1 heterocycles. The van der Waals surface area contributed by atoms with Crippen LogP contribution in [0.1, 0.15) is 57.7 Å². The summed E-state index contributed by atoms with van der Waals surface area (Å²) < 4.78 is 1.66. The van der Waals surface area contributed by atoms with Crippen LogP contribution >= 0.6 is 0 Å². The molecule has 0 radical (unpaired) electrons. The van der Waals surface area contributed by atoms with Gasteiger partial charge in [-0.25, -0.2) is 0 Å². The van der Waals surface area contributed by atoms with Crippen molar-refractivity contribution in [3.05, 3.63) is 30.1 Å². The van der Waals surface area contributed by atoms with E-state index >= 15 is 0 Å². The second-order valence-electron chi connectivity index (χ2n) is 7.04. The van der Waals surface area contributed by atoms with Crippen LogP contribution in [0.15, 0.2) is 24.3 Å². The molecule has 1 saturated carbocycles. The van der Waals surface area contributed by atoms with Crippen LogP contribution in [0.4, 0.5) is 5.69 Å². The molecule has 1 aromatic carbocycles. The minimum atomic E-state index is 0.135. The number of benzene rings is 1. The average Bonchev–Trinajstić information content (AvgIpc) is 3.06. The Labute approximate surface area is 149 Å². The molecule has 2 aromatic rings. The van der Waals surface area contributed by atoms with Gasteiger partial charge in [0.05, 0.1) is 5.69 Å².